The first-order valence-electron chi connectivity index (χ1n) is 5.29. The Labute approximate surface area is 118 Å². The number of amides is 1. The minimum atomic E-state index is -0.165. The number of nitrogens with zero attached hydrogens (tertiary/aromatic N) is 1. The van der Waals surface area contributed by atoms with Crippen molar-refractivity contribution in [3.05, 3.63) is 63.3 Å². The Bertz CT molecular complexity index is 557. The second-order valence-electron chi connectivity index (χ2n) is 3.68. The van der Waals surface area contributed by atoms with Crippen LogP contribution in [-0.2, 0) is 6.54 Å². The maximum Gasteiger partial charge on any atom is 0.251 e. The first kappa shape index (κ1) is 13.1. The molecule has 0 aliphatic rings. The van der Waals surface area contributed by atoms with Crippen molar-refractivity contribution in [1.29, 1.82) is 0 Å². The van der Waals surface area contributed by atoms with Gasteiger partial charge in [-0.05, 0) is 29.8 Å². The van der Waals surface area contributed by atoms with Gasteiger partial charge >= 0.3 is 0 Å². The SMILES string of the molecule is O=C(NCc1ccc(Br)cc1)c1ccnc(Cl)c1. The number of rotatable bonds is 3. The minimum Gasteiger partial charge on any atom is -0.348 e. The molecular weight excluding hydrogens is 316 g/mol. The lowest BCUT2D eigenvalue weighted by atomic mass is 10.2. The van der Waals surface area contributed by atoms with E-state index in [0.29, 0.717) is 17.3 Å². The summed E-state index contributed by atoms with van der Waals surface area (Å²) in [6, 6.07) is 10.9. The van der Waals surface area contributed by atoms with Gasteiger partial charge in [0.05, 0.1) is 0 Å². The fraction of sp³-hybridized carbons (Fsp3) is 0.0769. The monoisotopic (exact) mass is 324 g/mol. The van der Waals surface area contributed by atoms with Crippen LogP contribution in [-0.4, -0.2) is 10.9 Å². The number of aromatic nitrogens is 1. The molecule has 0 aliphatic heterocycles. The molecule has 18 heavy (non-hydrogen) atoms. The minimum absolute atomic E-state index is 0.165. The highest BCUT2D eigenvalue weighted by molar-refractivity contribution is 9.10. The predicted octanol–water partition coefficient (Wildman–Crippen LogP) is 3.43. The molecule has 2 aromatic rings. The molecule has 1 aromatic heterocycles. The summed E-state index contributed by atoms with van der Waals surface area (Å²) in [5.74, 6) is -0.165. The summed E-state index contributed by atoms with van der Waals surface area (Å²) < 4.78 is 1.01. The van der Waals surface area contributed by atoms with E-state index in [2.05, 4.69) is 26.2 Å². The van der Waals surface area contributed by atoms with Crippen molar-refractivity contribution in [3.8, 4) is 0 Å². The Morgan fingerprint density at radius 3 is 2.67 bits per heavy atom. The normalized spacial score (nSPS) is 10.1. The van der Waals surface area contributed by atoms with Crippen molar-refractivity contribution < 1.29 is 4.79 Å². The largest absolute Gasteiger partial charge is 0.348 e. The van der Waals surface area contributed by atoms with Gasteiger partial charge < -0.3 is 5.32 Å². The topological polar surface area (TPSA) is 42.0 Å². The summed E-state index contributed by atoms with van der Waals surface area (Å²) >= 11 is 9.09. The van der Waals surface area contributed by atoms with E-state index in [4.69, 9.17) is 11.6 Å². The Balaban J connectivity index is 1.98. The summed E-state index contributed by atoms with van der Waals surface area (Å²) in [6.07, 6.45) is 1.51. The van der Waals surface area contributed by atoms with Gasteiger partial charge in [-0.3, -0.25) is 4.79 Å². The second kappa shape index (κ2) is 5.98. The van der Waals surface area contributed by atoms with E-state index >= 15 is 0 Å². The van der Waals surface area contributed by atoms with Gasteiger partial charge in [0.2, 0.25) is 0 Å². The molecular formula is C13H10BrClN2O. The number of carbonyl (C=O) groups excluding carboxylic acids is 1. The average molecular weight is 326 g/mol. The number of pyridine rings is 1. The molecule has 1 amide bonds. The van der Waals surface area contributed by atoms with Crippen LogP contribution in [0.15, 0.2) is 47.1 Å². The number of nitrogens with one attached hydrogen (secondary N) is 1. The molecule has 0 atom stereocenters. The van der Waals surface area contributed by atoms with Crippen LogP contribution in [0.2, 0.25) is 5.15 Å². The smallest absolute Gasteiger partial charge is 0.251 e. The van der Waals surface area contributed by atoms with E-state index in [1.54, 1.807) is 12.1 Å². The molecule has 0 unspecified atom stereocenters. The van der Waals surface area contributed by atoms with Crippen LogP contribution in [0, 0.1) is 0 Å². The van der Waals surface area contributed by atoms with Crippen LogP contribution in [0.3, 0.4) is 0 Å². The van der Waals surface area contributed by atoms with Gasteiger partial charge in [0.15, 0.2) is 0 Å². The summed E-state index contributed by atoms with van der Waals surface area (Å²) in [4.78, 5) is 15.7. The highest BCUT2D eigenvalue weighted by Crippen LogP contribution is 2.11. The van der Waals surface area contributed by atoms with Crippen LogP contribution in [0.25, 0.3) is 0 Å². The molecule has 2 rings (SSSR count). The highest BCUT2D eigenvalue weighted by Gasteiger charge is 2.05. The number of halogens is 2. The molecule has 1 heterocycles. The van der Waals surface area contributed by atoms with Gasteiger partial charge in [-0.15, -0.1) is 0 Å². The molecule has 1 N–H and O–H groups in total. The fourth-order valence-corrected chi connectivity index (χ4v) is 1.87. The lowest BCUT2D eigenvalue weighted by molar-refractivity contribution is 0.0951. The number of benzene rings is 1. The van der Waals surface area contributed by atoms with E-state index in [9.17, 15) is 4.79 Å². The second-order valence-corrected chi connectivity index (χ2v) is 4.98. The van der Waals surface area contributed by atoms with Crippen LogP contribution in [0.1, 0.15) is 15.9 Å². The van der Waals surface area contributed by atoms with Crippen molar-refractivity contribution >= 4 is 33.4 Å². The predicted molar refractivity (Wildman–Crippen MR) is 74.6 cm³/mol. The maximum atomic E-state index is 11.8. The first-order chi connectivity index (χ1) is 8.65. The highest BCUT2D eigenvalue weighted by atomic mass is 79.9. The Kier molecular flexibility index (Phi) is 4.33. The van der Waals surface area contributed by atoms with Crippen molar-refractivity contribution in [2.75, 3.05) is 0 Å². The molecule has 3 nitrogen and oxygen atoms in total. The van der Waals surface area contributed by atoms with Crippen LogP contribution >= 0.6 is 27.5 Å². The maximum absolute atomic E-state index is 11.8. The fourth-order valence-electron chi connectivity index (χ4n) is 1.43. The molecule has 0 radical (unpaired) electrons. The zero-order chi connectivity index (χ0) is 13.0. The molecule has 0 aliphatic carbocycles. The van der Waals surface area contributed by atoms with Gasteiger partial charge in [-0.2, -0.15) is 0 Å². The van der Waals surface area contributed by atoms with Gasteiger partial charge in [0.1, 0.15) is 5.15 Å². The standard InChI is InChI=1S/C13H10BrClN2O/c14-11-3-1-9(2-4-11)8-17-13(18)10-5-6-16-12(15)7-10/h1-7H,8H2,(H,17,18). The van der Waals surface area contributed by atoms with E-state index in [1.807, 2.05) is 24.3 Å². The van der Waals surface area contributed by atoms with Crippen LogP contribution in [0.5, 0.6) is 0 Å². The molecule has 0 fully saturated rings. The third kappa shape index (κ3) is 3.55. The molecule has 1 aromatic carbocycles. The third-order valence-electron chi connectivity index (χ3n) is 2.36. The molecule has 92 valence electrons. The zero-order valence-corrected chi connectivity index (χ0v) is 11.7. The van der Waals surface area contributed by atoms with Crippen molar-refractivity contribution in [2.45, 2.75) is 6.54 Å². The van der Waals surface area contributed by atoms with Crippen molar-refractivity contribution in [1.82, 2.24) is 10.3 Å². The van der Waals surface area contributed by atoms with E-state index in [-0.39, 0.29) is 5.91 Å². The average Bonchev–Trinajstić information content (AvgIpc) is 2.38. The Morgan fingerprint density at radius 2 is 2.00 bits per heavy atom. The van der Waals surface area contributed by atoms with E-state index in [1.165, 1.54) is 6.20 Å². The van der Waals surface area contributed by atoms with E-state index < -0.39 is 0 Å². The summed E-state index contributed by atoms with van der Waals surface area (Å²) in [7, 11) is 0. The third-order valence-corrected chi connectivity index (χ3v) is 3.09. The van der Waals surface area contributed by atoms with Gasteiger partial charge in [-0.25, -0.2) is 4.98 Å². The quantitative estimate of drug-likeness (QED) is 0.879. The van der Waals surface area contributed by atoms with Crippen molar-refractivity contribution in [3.63, 3.8) is 0 Å². The van der Waals surface area contributed by atoms with Crippen molar-refractivity contribution in [2.24, 2.45) is 0 Å². The summed E-state index contributed by atoms with van der Waals surface area (Å²) in [6.45, 7) is 0.478. The van der Waals surface area contributed by atoms with Gasteiger partial charge in [0, 0.05) is 22.8 Å². The lowest BCUT2D eigenvalue weighted by Crippen LogP contribution is -2.22. The molecule has 0 saturated heterocycles. The van der Waals surface area contributed by atoms with E-state index in [0.717, 1.165) is 10.0 Å². The Hall–Kier alpha value is -1.39. The zero-order valence-electron chi connectivity index (χ0n) is 9.36. The van der Waals surface area contributed by atoms with Gasteiger partial charge in [0.25, 0.3) is 5.91 Å². The summed E-state index contributed by atoms with van der Waals surface area (Å²) in [5.41, 5.74) is 1.54. The number of hydrogen-bond acceptors (Lipinski definition) is 2. The first-order valence-corrected chi connectivity index (χ1v) is 6.46. The molecule has 0 bridgehead atoms. The molecule has 0 saturated carbocycles. The van der Waals surface area contributed by atoms with Gasteiger partial charge in [-0.1, -0.05) is 39.7 Å². The van der Waals surface area contributed by atoms with Crippen LogP contribution < -0.4 is 5.32 Å². The Morgan fingerprint density at radius 1 is 1.28 bits per heavy atom. The molecule has 5 heteroatoms. The summed E-state index contributed by atoms with van der Waals surface area (Å²) in [5, 5.41) is 3.13. The van der Waals surface area contributed by atoms with Crippen LogP contribution in [0.4, 0.5) is 0 Å². The number of carbonyl (C=O) groups is 1. The molecule has 0 spiro atoms. The lowest BCUT2D eigenvalue weighted by Gasteiger charge is -2.05. The number of hydrogen-bond donors (Lipinski definition) is 1.